The number of carbonyl (C=O) groups is 1. The molecule has 0 aliphatic carbocycles. The van der Waals surface area contributed by atoms with Crippen molar-refractivity contribution >= 4 is 40.7 Å². The first-order chi connectivity index (χ1) is 12.2. The highest BCUT2D eigenvalue weighted by Gasteiger charge is 2.26. The number of para-hydroxylation sites is 1. The van der Waals surface area contributed by atoms with E-state index in [0.29, 0.717) is 16.4 Å². The second kappa shape index (κ2) is 8.87. The second-order valence-electron chi connectivity index (χ2n) is 6.33. The van der Waals surface area contributed by atoms with Crippen LogP contribution in [0.5, 0.6) is 0 Å². The standard InChI is InChI=1S/C18H25N3O2S2/c1-23-17(22)15-4-2-3-5-16(15)19-18(24)21-10-8-20(9-11-21)14-6-12-25-13-7-14/h2-5,14H,6-13H2,1H3,(H,19,24). The highest BCUT2D eigenvalue weighted by molar-refractivity contribution is 7.99. The number of carbonyl (C=O) groups excluding carboxylic acids is 1. The predicted molar refractivity (Wildman–Crippen MR) is 107 cm³/mol. The molecule has 0 amide bonds. The average molecular weight is 380 g/mol. The van der Waals surface area contributed by atoms with Gasteiger partial charge >= 0.3 is 5.97 Å². The minimum Gasteiger partial charge on any atom is -0.465 e. The Balaban J connectivity index is 1.56. The van der Waals surface area contributed by atoms with E-state index in [4.69, 9.17) is 17.0 Å². The maximum atomic E-state index is 11.9. The molecule has 2 aliphatic rings. The van der Waals surface area contributed by atoms with Gasteiger partial charge in [0.25, 0.3) is 0 Å². The summed E-state index contributed by atoms with van der Waals surface area (Å²) in [5, 5.41) is 3.90. The molecular weight excluding hydrogens is 354 g/mol. The summed E-state index contributed by atoms with van der Waals surface area (Å²) in [5.74, 6) is 2.22. The summed E-state index contributed by atoms with van der Waals surface area (Å²) in [7, 11) is 1.39. The molecule has 2 aliphatic heterocycles. The number of piperazine rings is 1. The van der Waals surface area contributed by atoms with Crippen molar-refractivity contribution in [2.75, 3.05) is 50.1 Å². The number of benzene rings is 1. The molecule has 0 unspecified atom stereocenters. The Bertz CT molecular complexity index is 612. The van der Waals surface area contributed by atoms with Crippen molar-refractivity contribution in [1.82, 2.24) is 9.80 Å². The van der Waals surface area contributed by atoms with Crippen molar-refractivity contribution in [2.45, 2.75) is 18.9 Å². The van der Waals surface area contributed by atoms with Crippen molar-refractivity contribution in [3.63, 3.8) is 0 Å². The van der Waals surface area contributed by atoms with Crippen LogP contribution in [0.2, 0.25) is 0 Å². The van der Waals surface area contributed by atoms with E-state index in [2.05, 4.69) is 26.9 Å². The zero-order valence-electron chi connectivity index (χ0n) is 14.6. The van der Waals surface area contributed by atoms with Gasteiger partial charge in [0.2, 0.25) is 0 Å². The third-order valence-corrected chi connectivity index (χ3v) is 6.29. The number of hydrogen-bond acceptors (Lipinski definition) is 5. The van der Waals surface area contributed by atoms with Gasteiger partial charge in [0.1, 0.15) is 0 Å². The lowest BCUT2D eigenvalue weighted by molar-refractivity contribution is 0.0602. The normalized spacial score (nSPS) is 19.5. The summed E-state index contributed by atoms with van der Waals surface area (Å²) in [6.45, 7) is 3.96. The quantitative estimate of drug-likeness (QED) is 0.640. The SMILES string of the molecule is COC(=O)c1ccccc1NC(=S)N1CCN(C2CCSCC2)CC1. The monoisotopic (exact) mass is 379 g/mol. The van der Waals surface area contributed by atoms with E-state index in [9.17, 15) is 4.79 Å². The van der Waals surface area contributed by atoms with Gasteiger partial charge in [-0.25, -0.2) is 4.79 Å². The fourth-order valence-electron chi connectivity index (χ4n) is 3.41. The number of thioether (sulfide) groups is 1. The van der Waals surface area contributed by atoms with Gasteiger partial charge in [-0.2, -0.15) is 11.8 Å². The van der Waals surface area contributed by atoms with Crippen molar-refractivity contribution in [1.29, 1.82) is 0 Å². The summed E-state index contributed by atoms with van der Waals surface area (Å²) in [4.78, 5) is 16.7. The van der Waals surface area contributed by atoms with Crippen LogP contribution in [-0.2, 0) is 4.74 Å². The van der Waals surface area contributed by atoms with E-state index in [1.165, 1.54) is 31.5 Å². The number of methoxy groups -OCH3 is 1. The Hall–Kier alpha value is -1.31. The van der Waals surface area contributed by atoms with Gasteiger partial charge in [0.15, 0.2) is 5.11 Å². The van der Waals surface area contributed by atoms with Crippen LogP contribution in [0.15, 0.2) is 24.3 Å². The van der Waals surface area contributed by atoms with E-state index in [1.807, 2.05) is 18.2 Å². The van der Waals surface area contributed by atoms with Crippen molar-refractivity contribution in [3.8, 4) is 0 Å². The summed E-state index contributed by atoms with van der Waals surface area (Å²) in [6.07, 6.45) is 2.61. The Kier molecular flexibility index (Phi) is 6.56. The minimum absolute atomic E-state index is 0.356. The zero-order valence-corrected chi connectivity index (χ0v) is 16.2. The molecule has 0 bridgehead atoms. The molecule has 0 atom stereocenters. The molecule has 1 aromatic carbocycles. The summed E-state index contributed by atoms with van der Waals surface area (Å²) in [6, 6.07) is 8.05. The molecule has 2 heterocycles. The molecule has 1 N–H and O–H groups in total. The van der Waals surface area contributed by atoms with Crippen LogP contribution in [0, 0.1) is 0 Å². The molecule has 0 saturated carbocycles. The molecule has 1 aromatic rings. The zero-order chi connectivity index (χ0) is 17.6. The van der Waals surface area contributed by atoms with Crippen molar-refractivity contribution in [3.05, 3.63) is 29.8 Å². The fourth-order valence-corrected chi connectivity index (χ4v) is 4.79. The van der Waals surface area contributed by atoms with Gasteiger partial charge in [-0.3, -0.25) is 4.90 Å². The number of anilines is 1. The van der Waals surface area contributed by atoms with Crippen molar-refractivity contribution in [2.24, 2.45) is 0 Å². The van der Waals surface area contributed by atoms with Crippen LogP contribution < -0.4 is 5.32 Å². The molecule has 25 heavy (non-hydrogen) atoms. The van der Waals surface area contributed by atoms with E-state index in [0.717, 1.165) is 32.2 Å². The van der Waals surface area contributed by atoms with Gasteiger partial charge in [-0.15, -0.1) is 0 Å². The third-order valence-electron chi connectivity index (χ3n) is 4.88. The number of hydrogen-bond donors (Lipinski definition) is 1. The van der Waals surface area contributed by atoms with Gasteiger partial charge in [-0.1, -0.05) is 12.1 Å². The van der Waals surface area contributed by atoms with Crippen LogP contribution in [-0.4, -0.2) is 71.7 Å². The lowest BCUT2D eigenvalue weighted by atomic mass is 10.1. The topological polar surface area (TPSA) is 44.8 Å². The van der Waals surface area contributed by atoms with Gasteiger partial charge in [0.05, 0.1) is 18.4 Å². The van der Waals surface area contributed by atoms with Crippen molar-refractivity contribution < 1.29 is 9.53 Å². The van der Waals surface area contributed by atoms with E-state index >= 15 is 0 Å². The Morgan fingerprint density at radius 2 is 1.88 bits per heavy atom. The highest BCUT2D eigenvalue weighted by atomic mass is 32.2. The molecule has 0 spiro atoms. The molecule has 0 radical (unpaired) electrons. The minimum atomic E-state index is -0.356. The van der Waals surface area contributed by atoms with Crippen LogP contribution in [0.3, 0.4) is 0 Å². The first-order valence-electron chi connectivity index (χ1n) is 8.74. The maximum Gasteiger partial charge on any atom is 0.339 e. The number of ether oxygens (including phenoxy) is 1. The molecule has 0 aromatic heterocycles. The van der Waals surface area contributed by atoms with Gasteiger partial charge in [0, 0.05) is 32.2 Å². The largest absolute Gasteiger partial charge is 0.465 e. The Labute approximate surface area is 159 Å². The molecule has 2 saturated heterocycles. The molecular formula is C18H25N3O2S2. The van der Waals surface area contributed by atoms with Crippen LogP contribution in [0.1, 0.15) is 23.2 Å². The Morgan fingerprint density at radius 1 is 1.20 bits per heavy atom. The lowest BCUT2D eigenvalue weighted by Gasteiger charge is -2.41. The maximum absolute atomic E-state index is 11.9. The van der Waals surface area contributed by atoms with Crippen LogP contribution in [0.4, 0.5) is 5.69 Å². The third kappa shape index (κ3) is 4.65. The van der Waals surface area contributed by atoms with E-state index in [-0.39, 0.29) is 5.97 Å². The number of esters is 1. The molecule has 7 heteroatoms. The first kappa shape index (κ1) is 18.5. The van der Waals surface area contributed by atoms with Crippen LogP contribution in [0.25, 0.3) is 0 Å². The number of thiocarbonyl (C=S) groups is 1. The lowest BCUT2D eigenvalue weighted by Crippen LogP contribution is -2.53. The number of nitrogens with zero attached hydrogens (tertiary/aromatic N) is 2. The van der Waals surface area contributed by atoms with Gasteiger partial charge < -0.3 is 15.0 Å². The summed E-state index contributed by atoms with van der Waals surface area (Å²) in [5.41, 5.74) is 1.21. The van der Waals surface area contributed by atoms with Gasteiger partial charge in [-0.05, 0) is 48.7 Å². The fraction of sp³-hybridized carbons (Fsp3) is 0.556. The summed E-state index contributed by atoms with van der Waals surface area (Å²) < 4.78 is 4.84. The highest BCUT2D eigenvalue weighted by Crippen LogP contribution is 2.23. The number of nitrogens with one attached hydrogen (secondary N) is 1. The van der Waals surface area contributed by atoms with E-state index in [1.54, 1.807) is 6.07 Å². The molecule has 3 rings (SSSR count). The second-order valence-corrected chi connectivity index (χ2v) is 7.95. The van der Waals surface area contributed by atoms with Crippen LogP contribution >= 0.6 is 24.0 Å². The summed E-state index contributed by atoms with van der Waals surface area (Å²) >= 11 is 7.64. The number of rotatable bonds is 3. The smallest absolute Gasteiger partial charge is 0.339 e. The average Bonchev–Trinajstić information content (AvgIpc) is 2.68. The van der Waals surface area contributed by atoms with E-state index < -0.39 is 0 Å². The molecule has 5 nitrogen and oxygen atoms in total. The first-order valence-corrected chi connectivity index (χ1v) is 10.3. The predicted octanol–water partition coefficient (Wildman–Crippen LogP) is 2.68. The Morgan fingerprint density at radius 3 is 2.56 bits per heavy atom. The molecule has 2 fully saturated rings. The molecule has 136 valence electrons.